The highest BCUT2D eigenvalue weighted by atomic mass is 16.5. The van der Waals surface area contributed by atoms with Gasteiger partial charge in [0.15, 0.2) is 0 Å². The summed E-state index contributed by atoms with van der Waals surface area (Å²) < 4.78 is 10.1. The number of rotatable bonds is 5. The van der Waals surface area contributed by atoms with Crippen molar-refractivity contribution in [1.82, 2.24) is 19.3 Å². The summed E-state index contributed by atoms with van der Waals surface area (Å²) in [5.74, 6) is 1.62. The van der Waals surface area contributed by atoms with Crippen molar-refractivity contribution in [2.24, 2.45) is 0 Å². The van der Waals surface area contributed by atoms with Crippen molar-refractivity contribution in [1.29, 1.82) is 0 Å². The summed E-state index contributed by atoms with van der Waals surface area (Å²) in [6.45, 7) is 6.74. The molecule has 1 saturated heterocycles. The minimum Gasteiger partial charge on any atom is -0.376 e. The standard InChI is InChI=1S/C21H26N4O/c1-21(2)12-19(8-11-26-21)20-22-9-10-24(20)14-18-13-23-25(16-18)15-17-6-4-3-5-7-17/h3-7,9-10,13,16,19H,8,11-12,14-15H2,1-2H3/t19-/m0/s1. The maximum absolute atomic E-state index is 5.86. The molecule has 1 aliphatic heterocycles. The first-order valence-corrected chi connectivity index (χ1v) is 9.29. The van der Waals surface area contributed by atoms with Gasteiger partial charge in [0.25, 0.3) is 0 Å². The smallest absolute Gasteiger partial charge is 0.112 e. The van der Waals surface area contributed by atoms with E-state index in [0.717, 1.165) is 38.4 Å². The molecule has 3 heterocycles. The quantitative estimate of drug-likeness (QED) is 0.702. The number of benzene rings is 1. The van der Waals surface area contributed by atoms with Crippen LogP contribution in [0.4, 0.5) is 0 Å². The van der Waals surface area contributed by atoms with Gasteiger partial charge in [-0.1, -0.05) is 30.3 Å². The molecule has 1 aliphatic rings. The summed E-state index contributed by atoms with van der Waals surface area (Å²) in [5, 5.41) is 4.52. The second-order valence-electron chi connectivity index (χ2n) is 7.74. The van der Waals surface area contributed by atoms with Crippen LogP contribution in [0.25, 0.3) is 0 Å². The van der Waals surface area contributed by atoms with E-state index in [4.69, 9.17) is 4.74 Å². The largest absolute Gasteiger partial charge is 0.376 e. The van der Waals surface area contributed by atoms with Gasteiger partial charge in [-0.2, -0.15) is 5.10 Å². The molecule has 3 aromatic rings. The Hall–Kier alpha value is -2.40. The predicted octanol–water partition coefficient (Wildman–Crippen LogP) is 3.85. The van der Waals surface area contributed by atoms with E-state index < -0.39 is 0 Å². The molecular weight excluding hydrogens is 324 g/mol. The van der Waals surface area contributed by atoms with Gasteiger partial charge in [-0.25, -0.2) is 4.98 Å². The average molecular weight is 350 g/mol. The molecule has 0 saturated carbocycles. The van der Waals surface area contributed by atoms with Crippen LogP contribution in [0.2, 0.25) is 0 Å². The lowest BCUT2D eigenvalue weighted by molar-refractivity contribution is -0.0606. The van der Waals surface area contributed by atoms with E-state index in [-0.39, 0.29) is 5.60 Å². The van der Waals surface area contributed by atoms with E-state index in [1.54, 1.807) is 0 Å². The van der Waals surface area contributed by atoms with E-state index in [9.17, 15) is 0 Å². The number of hydrogen-bond donors (Lipinski definition) is 0. The van der Waals surface area contributed by atoms with Crippen molar-refractivity contribution in [3.63, 3.8) is 0 Å². The predicted molar refractivity (Wildman–Crippen MR) is 101 cm³/mol. The van der Waals surface area contributed by atoms with Crippen LogP contribution in [-0.2, 0) is 17.8 Å². The first-order chi connectivity index (χ1) is 12.6. The Balaban J connectivity index is 1.46. The Kier molecular flexibility index (Phi) is 4.64. The van der Waals surface area contributed by atoms with Crippen LogP contribution in [0.5, 0.6) is 0 Å². The summed E-state index contributed by atoms with van der Waals surface area (Å²) >= 11 is 0. The Bertz CT molecular complexity index is 850. The van der Waals surface area contributed by atoms with Crippen LogP contribution >= 0.6 is 0 Å². The van der Waals surface area contributed by atoms with E-state index in [1.807, 2.05) is 23.1 Å². The lowest BCUT2D eigenvalue weighted by atomic mass is 9.88. The number of aromatic nitrogens is 4. The third-order valence-corrected chi connectivity index (χ3v) is 5.04. The SMILES string of the molecule is CC1(C)C[C@@H](c2nccn2Cc2cnn(Cc3ccccc3)c2)CCO1. The second-order valence-corrected chi connectivity index (χ2v) is 7.74. The molecule has 0 unspecified atom stereocenters. The van der Waals surface area contributed by atoms with Crippen LogP contribution in [0, 0.1) is 0 Å². The Morgan fingerprint density at radius 3 is 2.81 bits per heavy atom. The van der Waals surface area contributed by atoms with E-state index in [1.165, 1.54) is 11.1 Å². The lowest BCUT2D eigenvalue weighted by Crippen LogP contribution is -2.34. The molecule has 0 spiro atoms. The van der Waals surface area contributed by atoms with Gasteiger partial charge in [0, 0.05) is 36.7 Å². The molecule has 1 aromatic carbocycles. The fraction of sp³-hybridized carbons (Fsp3) is 0.429. The molecule has 1 fully saturated rings. The van der Waals surface area contributed by atoms with Crippen LogP contribution < -0.4 is 0 Å². The van der Waals surface area contributed by atoms with Gasteiger partial charge < -0.3 is 9.30 Å². The van der Waals surface area contributed by atoms with Gasteiger partial charge in [-0.3, -0.25) is 4.68 Å². The summed E-state index contributed by atoms with van der Waals surface area (Å²) in [7, 11) is 0. The third-order valence-electron chi connectivity index (χ3n) is 5.04. The van der Waals surface area contributed by atoms with Gasteiger partial charge >= 0.3 is 0 Å². The first-order valence-electron chi connectivity index (χ1n) is 9.29. The highest BCUT2D eigenvalue weighted by molar-refractivity contribution is 5.16. The van der Waals surface area contributed by atoms with Crippen molar-refractivity contribution in [2.75, 3.05) is 6.61 Å². The highest BCUT2D eigenvalue weighted by Crippen LogP contribution is 2.34. The monoisotopic (exact) mass is 350 g/mol. The maximum Gasteiger partial charge on any atom is 0.112 e. The van der Waals surface area contributed by atoms with Crippen LogP contribution in [0.15, 0.2) is 55.1 Å². The highest BCUT2D eigenvalue weighted by Gasteiger charge is 2.31. The van der Waals surface area contributed by atoms with Crippen LogP contribution in [-0.4, -0.2) is 31.5 Å². The average Bonchev–Trinajstić information content (AvgIpc) is 3.25. The van der Waals surface area contributed by atoms with Gasteiger partial charge in [0.05, 0.1) is 24.9 Å². The van der Waals surface area contributed by atoms with Crippen molar-refractivity contribution in [3.8, 4) is 0 Å². The lowest BCUT2D eigenvalue weighted by Gasteiger charge is -2.35. The molecule has 1 atom stereocenters. The zero-order valence-electron chi connectivity index (χ0n) is 15.5. The fourth-order valence-corrected chi connectivity index (χ4v) is 3.81. The molecule has 2 aromatic heterocycles. The molecule has 0 amide bonds. The van der Waals surface area contributed by atoms with Gasteiger partial charge in [-0.15, -0.1) is 0 Å². The van der Waals surface area contributed by atoms with Gasteiger partial charge in [0.1, 0.15) is 5.82 Å². The van der Waals surface area contributed by atoms with E-state index >= 15 is 0 Å². The molecule has 0 aliphatic carbocycles. The van der Waals surface area contributed by atoms with Crippen molar-refractivity contribution >= 4 is 0 Å². The molecule has 26 heavy (non-hydrogen) atoms. The van der Waals surface area contributed by atoms with Crippen LogP contribution in [0.3, 0.4) is 0 Å². The molecule has 5 nitrogen and oxygen atoms in total. The summed E-state index contributed by atoms with van der Waals surface area (Å²) in [4.78, 5) is 4.66. The molecule has 0 bridgehead atoms. The number of imidazole rings is 1. The zero-order valence-corrected chi connectivity index (χ0v) is 15.5. The zero-order chi connectivity index (χ0) is 18.0. The molecular formula is C21H26N4O. The van der Waals surface area contributed by atoms with E-state index in [0.29, 0.717) is 5.92 Å². The first kappa shape index (κ1) is 17.0. The van der Waals surface area contributed by atoms with Crippen molar-refractivity contribution in [2.45, 2.75) is 51.3 Å². The minimum absolute atomic E-state index is 0.0692. The summed E-state index contributed by atoms with van der Waals surface area (Å²) in [6.07, 6.45) is 10.1. The number of nitrogens with zero attached hydrogens (tertiary/aromatic N) is 4. The van der Waals surface area contributed by atoms with Crippen molar-refractivity contribution < 1.29 is 4.74 Å². The Morgan fingerprint density at radius 1 is 1.15 bits per heavy atom. The normalized spacial score (nSPS) is 19.5. The number of ether oxygens (including phenoxy) is 1. The van der Waals surface area contributed by atoms with Gasteiger partial charge in [-0.05, 0) is 32.3 Å². The summed E-state index contributed by atoms with van der Waals surface area (Å²) in [5.41, 5.74) is 2.39. The van der Waals surface area contributed by atoms with Gasteiger partial charge in [0.2, 0.25) is 0 Å². The van der Waals surface area contributed by atoms with Crippen LogP contribution in [0.1, 0.15) is 49.6 Å². The molecule has 0 N–H and O–H groups in total. The fourth-order valence-electron chi connectivity index (χ4n) is 3.81. The van der Waals surface area contributed by atoms with Crippen molar-refractivity contribution in [3.05, 3.63) is 72.1 Å². The Morgan fingerprint density at radius 2 is 2.00 bits per heavy atom. The molecule has 0 radical (unpaired) electrons. The maximum atomic E-state index is 5.86. The minimum atomic E-state index is -0.0692. The topological polar surface area (TPSA) is 44.9 Å². The molecule has 136 valence electrons. The third kappa shape index (κ3) is 3.88. The molecule has 4 rings (SSSR count). The van der Waals surface area contributed by atoms with E-state index in [2.05, 4.69) is 65.2 Å². The summed E-state index contributed by atoms with van der Waals surface area (Å²) in [6, 6.07) is 10.4. The number of hydrogen-bond acceptors (Lipinski definition) is 3. The Labute approximate surface area is 154 Å². The molecule has 5 heteroatoms. The second kappa shape index (κ2) is 7.08.